The van der Waals surface area contributed by atoms with Crippen LogP contribution in [0, 0.1) is 11.3 Å². The average Bonchev–Trinajstić information content (AvgIpc) is 2.88. The molecule has 2 aromatic carbocycles. The van der Waals surface area contributed by atoms with Crippen LogP contribution in [-0.2, 0) is 13.0 Å². The van der Waals surface area contributed by atoms with Gasteiger partial charge in [-0.1, -0.05) is 35.9 Å². The lowest BCUT2D eigenvalue weighted by Gasteiger charge is -2.08. The van der Waals surface area contributed by atoms with Gasteiger partial charge in [-0.05, 0) is 36.2 Å². The van der Waals surface area contributed by atoms with Crippen molar-refractivity contribution in [3.8, 4) is 6.07 Å². The van der Waals surface area contributed by atoms with Crippen molar-refractivity contribution in [2.24, 2.45) is 0 Å². The van der Waals surface area contributed by atoms with Gasteiger partial charge in [0.05, 0.1) is 17.1 Å². The van der Waals surface area contributed by atoms with Gasteiger partial charge in [0.1, 0.15) is 5.82 Å². The van der Waals surface area contributed by atoms with Crippen LogP contribution in [0.4, 0.5) is 0 Å². The van der Waals surface area contributed by atoms with Crippen molar-refractivity contribution in [2.75, 3.05) is 0 Å². The third-order valence-electron chi connectivity index (χ3n) is 3.68. The topological polar surface area (TPSA) is 41.6 Å². The zero-order valence-electron chi connectivity index (χ0n) is 12.2. The first-order valence-corrected chi connectivity index (χ1v) is 7.71. The van der Waals surface area contributed by atoms with E-state index in [-0.39, 0.29) is 0 Å². The number of imidazole rings is 1. The summed E-state index contributed by atoms with van der Waals surface area (Å²) in [6, 6.07) is 18.2. The van der Waals surface area contributed by atoms with Crippen LogP contribution in [0.1, 0.15) is 24.2 Å². The molecule has 0 aliphatic heterocycles. The predicted octanol–water partition coefficient (Wildman–Crippen LogP) is 4.58. The minimum Gasteiger partial charge on any atom is -0.328 e. The molecule has 0 atom stereocenters. The summed E-state index contributed by atoms with van der Waals surface area (Å²) in [5, 5.41) is 9.49. The Labute approximate surface area is 134 Å². The van der Waals surface area contributed by atoms with Crippen molar-refractivity contribution in [1.82, 2.24) is 9.55 Å². The summed E-state index contributed by atoms with van der Waals surface area (Å²) in [7, 11) is 0. The Kier molecular flexibility index (Phi) is 4.41. The van der Waals surface area contributed by atoms with Gasteiger partial charge in [0.25, 0.3) is 0 Å². The highest BCUT2D eigenvalue weighted by Gasteiger charge is 2.10. The van der Waals surface area contributed by atoms with E-state index in [1.165, 1.54) is 5.56 Å². The Bertz CT molecular complexity index is 812. The van der Waals surface area contributed by atoms with Crippen molar-refractivity contribution >= 4 is 22.6 Å². The van der Waals surface area contributed by atoms with Gasteiger partial charge in [-0.25, -0.2) is 4.98 Å². The largest absolute Gasteiger partial charge is 0.328 e. The van der Waals surface area contributed by atoms with Crippen LogP contribution < -0.4 is 0 Å². The molecule has 0 radical (unpaired) electrons. The molecule has 0 N–H and O–H groups in total. The standard InChI is InChI=1S/C18H16ClN3/c19-15-9-7-14(8-10-15)13-18-21-16-5-1-2-6-17(16)22(18)12-4-3-11-20/h1-2,5-10H,3-4,12-13H2. The van der Waals surface area contributed by atoms with Gasteiger partial charge in [0.15, 0.2) is 0 Å². The van der Waals surface area contributed by atoms with E-state index in [0.717, 1.165) is 41.3 Å². The lowest BCUT2D eigenvalue weighted by Crippen LogP contribution is -2.05. The highest BCUT2D eigenvalue weighted by molar-refractivity contribution is 6.30. The summed E-state index contributed by atoms with van der Waals surface area (Å²) in [6.07, 6.45) is 2.16. The Morgan fingerprint density at radius 2 is 1.86 bits per heavy atom. The molecule has 1 heterocycles. The molecule has 3 rings (SSSR count). The van der Waals surface area contributed by atoms with Crippen LogP contribution in [0.3, 0.4) is 0 Å². The predicted molar refractivity (Wildman–Crippen MR) is 88.8 cm³/mol. The number of benzene rings is 2. The fourth-order valence-electron chi connectivity index (χ4n) is 2.61. The minimum absolute atomic E-state index is 0.562. The zero-order valence-corrected chi connectivity index (χ0v) is 12.9. The molecule has 3 nitrogen and oxygen atoms in total. The number of rotatable bonds is 5. The minimum atomic E-state index is 0.562. The van der Waals surface area contributed by atoms with Crippen LogP contribution in [0.5, 0.6) is 0 Å². The second kappa shape index (κ2) is 6.64. The lowest BCUT2D eigenvalue weighted by molar-refractivity contribution is 0.642. The first-order chi connectivity index (χ1) is 10.8. The van der Waals surface area contributed by atoms with Gasteiger partial charge in [-0.2, -0.15) is 5.26 Å². The number of nitriles is 1. The molecule has 110 valence electrons. The molecular formula is C18H16ClN3. The molecule has 0 fully saturated rings. The van der Waals surface area contributed by atoms with Crippen LogP contribution >= 0.6 is 11.6 Å². The Hall–Kier alpha value is -2.31. The summed E-state index contributed by atoms with van der Waals surface area (Å²) in [6.45, 7) is 0.816. The number of para-hydroxylation sites is 2. The van der Waals surface area contributed by atoms with Gasteiger partial charge >= 0.3 is 0 Å². The molecule has 1 aromatic heterocycles. The molecule has 0 aliphatic carbocycles. The molecule has 0 amide bonds. The van der Waals surface area contributed by atoms with E-state index in [1.807, 2.05) is 42.5 Å². The molecular weight excluding hydrogens is 294 g/mol. The monoisotopic (exact) mass is 309 g/mol. The maximum absolute atomic E-state index is 8.75. The Morgan fingerprint density at radius 1 is 1.09 bits per heavy atom. The van der Waals surface area contributed by atoms with Crippen LogP contribution in [0.15, 0.2) is 48.5 Å². The Morgan fingerprint density at radius 3 is 2.64 bits per heavy atom. The number of aryl methyl sites for hydroxylation is 1. The zero-order chi connectivity index (χ0) is 15.4. The summed E-state index contributed by atoms with van der Waals surface area (Å²) in [5.74, 6) is 1.03. The normalized spacial score (nSPS) is 10.7. The van der Waals surface area contributed by atoms with Crippen LogP contribution in [-0.4, -0.2) is 9.55 Å². The molecule has 4 heteroatoms. The van der Waals surface area contributed by atoms with Crippen molar-refractivity contribution in [3.05, 3.63) is 64.9 Å². The number of aromatic nitrogens is 2. The van der Waals surface area contributed by atoms with Gasteiger partial charge in [-0.15, -0.1) is 0 Å². The maximum atomic E-state index is 8.75. The second-order valence-electron chi connectivity index (χ2n) is 5.23. The van der Waals surface area contributed by atoms with Crippen molar-refractivity contribution < 1.29 is 0 Å². The average molecular weight is 310 g/mol. The van der Waals surface area contributed by atoms with E-state index in [0.29, 0.717) is 6.42 Å². The number of fused-ring (bicyclic) bond motifs is 1. The Balaban J connectivity index is 1.94. The summed E-state index contributed by atoms with van der Waals surface area (Å²) in [5.41, 5.74) is 3.31. The molecule has 0 saturated heterocycles. The number of unbranched alkanes of at least 4 members (excludes halogenated alkanes) is 1. The van der Waals surface area contributed by atoms with E-state index in [4.69, 9.17) is 21.8 Å². The summed E-state index contributed by atoms with van der Waals surface area (Å²) in [4.78, 5) is 4.76. The highest BCUT2D eigenvalue weighted by Crippen LogP contribution is 2.20. The highest BCUT2D eigenvalue weighted by atomic mass is 35.5. The molecule has 0 saturated carbocycles. The molecule has 3 aromatic rings. The fourth-order valence-corrected chi connectivity index (χ4v) is 2.74. The smallest absolute Gasteiger partial charge is 0.114 e. The molecule has 0 unspecified atom stereocenters. The second-order valence-corrected chi connectivity index (χ2v) is 5.67. The van der Waals surface area contributed by atoms with E-state index in [9.17, 15) is 0 Å². The van der Waals surface area contributed by atoms with Crippen molar-refractivity contribution in [1.29, 1.82) is 5.26 Å². The molecule has 0 aliphatic rings. The SMILES string of the molecule is N#CCCCn1c(Cc2ccc(Cl)cc2)nc2ccccc21. The third-order valence-corrected chi connectivity index (χ3v) is 3.93. The van der Waals surface area contributed by atoms with Crippen molar-refractivity contribution in [2.45, 2.75) is 25.8 Å². The number of halogens is 1. The molecule has 0 bridgehead atoms. The fraction of sp³-hybridized carbons (Fsp3) is 0.222. The van der Waals surface area contributed by atoms with Gasteiger partial charge in [-0.3, -0.25) is 0 Å². The maximum Gasteiger partial charge on any atom is 0.114 e. The van der Waals surface area contributed by atoms with E-state index in [1.54, 1.807) is 0 Å². The third kappa shape index (κ3) is 3.13. The van der Waals surface area contributed by atoms with Crippen molar-refractivity contribution in [3.63, 3.8) is 0 Å². The van der Waals surface area contributed by atoms with Gasteiger partial charge in [0, 0.05) is 24.4 Å². The number of nitrogens with zero attached hydrogens (tertiary/aromatic N) is 3. The van der Waals surface area contributed by atoms with Gasteiger partial charge < -0.3 is 4.57 Å². The van der Waals surface area contributed by atoms with E-state index >= 15 is 0 Å². The lowest BCUT2D eigenvalue weighted by atomic mass is 10.1. The van der Waals surface area contributed by atoms with Crippen LogP contribution in [0.2, 0.25) is 5.02 Å². The number of hydrogen-bond acceptors (Lipinski definition) is 2. The van der Waals surface area contributed by atoms with Crippen LogP contribution in [0.25, 0.3) is 11.0 Å². The first-order valence-electron chi connectivity index (χ1n) is 7.33. The molecule has 0 spiro atoms. The molecule has 22 heavy (non-hydrogen) atoms. The van der Waals surface area contributed by atoms with E-state index in [2.05, 4.69) is 16.7 Å². The quantitative estimate of drug-likeness (QED) is 0.647. The van der Waals surface area contributed by atoms with Gasteiger partial charge in [0.2, 0.25) is 0 Å². The summed E-state index contributed by atoms with van der Waals surface area (Å²) >= 11 is 5.94. The first kappa shape index (κ1) is 14.6. The summed E-state index contributed by atoms with van der Waals surface area (Å²) < 4.78 is 2.22. The number of hydrogen-bond donors (Lipinski definition) is 0. The van der Waals surface area contributed by atoms with E-state index < -0.39 is 0 Å².